The van der Waals surface area contributed by atoms with Gasteiger partial charge in [-0.3, -0.25) is 4.79 Å². The SMILES string of the molecule is CN(Cc1ccccc1)S(=O)(=O)c1cc(C(=O)Nc2ccc(Cl)c(Cl)c2)ccc1F. The van der Waals surface area contributed by atoms with E-state index in [1.807, 2.05) is 6.07 Å². The summed E-state index contributed by atoms with van der Waals surface area (Å²) >= 11 is 11.8. The first kappa shape index (κ1) is 22.2. The Morgan fingerprint density at radius 3 is 2.37 bits per heavy atom. The van der Waals surface area contributed by atoms with Crippen LogP contribution in [0.2, 0.25) is 10.0 Å². The van der Waals surface area contributed by atoms with E-state index in [9.17, 15) is 17.6 Å². The third-order valence-corrected chi connectivity index (χ3v) is 6.86. The molecule has 0 saturated carbocycles. The summed E-state index contributed by atoms with van der Waals surface area (Å²) in [5.41, 5.74) is 1.09. The summed E-state index contributed by atoms with van der Waals surface area (Å²) < 4.78 is 41.2. The number of anilines is 1. The van der Waals surface area contributed by atoms with Crippen molar-refractivity contribution in [2.24, 2.45) is 0 Å². The molecule has 0 aliphatic carbocycles. The van der Waals surface area contributed by atoms with Crippen LogP contribution >= 0.6 is 23.2 Å². The lowest BCUT2D eigenvalue weighted by molar-refractivity contribution is 0.102. The first-order valence-electron chi connectivity index (χ1n) is 8.74. The first-order valence-corrected chi connectivity index (χ1v) is 10.9. The number of benzene rings is 3. The van der Waals surface area contributed by atoms with Gasteiger partial charge in [0.15, 0.2) is 0 Å². The second-order valence-electron chi connectivity index (χ2n) is 6.47. The van der Waals surface area contributed by atoms with Crippen molar-refractivity contribution < 1.29 is 17.6 Å². The van der Waals surface area contributed by atoms with Crippen molar-refractivity contribution in [2.45, 2.75) is 11.4 Å². The largest absolute Gasteiger partial charge is 0.322 e. The van der Waals surface area contributed by atoms with Crippen molar-refractivity contribution in [3.8, 4) is 0 Å². The van der Waals surface area contributed by atoms with Crippen molar-refractivity contribution >= 4 is 44.8 Å². The molecular weight excluding hydrogens is 450 g/mol. The fourth-order valence-electron chi connectivity index (χ4n) is 2.71. The average molecular weight is 467 g/mol. The number of sulfonamides is 1. The average Bonchev–Trinajstić information content (AvgIpc) is 2.71. The van der Waals surface area contributed by atoms with Crippen LogP contribution < -0.4 is 5.32 Å². The maximum atomic E-state index is 14.4. The predicted molar refractivity (Wildman–Crippen MR) is 116 cm³/mol. The summed E-state index contributed by atoms with van der Waals surface area (Å²) in [6, 6.07) is 16.6. The number of rotatable bonds is 6. The summed E-state index contributed by atoms with van der Waals surface area (Å²) in [6.45, 7) is 0.0578. The molecule has 1 amide bonds. The quantitative estimate of drug-likeness (QED) is 0.542. The monoisotopic (exact) mass is 466 g/mol. The van der Waals surface area contributed by atoms with E-state index >= 15 is 0 Å². The Hall–Kier alpha value is -2.45. The van der Waals surface area contributed by atoms with Crippen LogP contribution in [-0.4, -0.2) is 25.7 Å². The van der Waals surface area contributed by atoms with E-state index in [1.165, 1.54) is 25.2 Å². The molecule has 0 radical (unpaired) electrons. The summed E-state index contributed by atoms with van der Waals surface area (Å²) in [5, 5.41) is 3.16. The minimum Gasteiger partial charge on any atom is -0.322 e. The van der Waals surface area contributed by atoms with E-state index in [0.29, 0.717) is 10.7 Å². The molecule has 3 rings (SSSR count). The van der Waals surface area contributed by atoms with Crippen LogP contribution in [0.5, 0.6) is 0 Å². The molecule has 3 aromatic rings. The van der Waals surface area contributed by atoms with Crippen LogP contribution in [0, 0.1) is 5.82 Å². The Morgan fingerprint density at radius 1 is 1.00 bits per heavy atom. The molecule has 0 saturated heterocycles. The third-order valence-electron chi connectivity index (χ3n) is 4.31. The third kappa shape index (κ3) is 4.99. The molecule has 9 heteroatoms. The van der Waals surface area contributed by atoms with Crippen LogP contribution in [0.1, 0.15) is 15.9 Å². The van der Waals surface area contributed by atoms with Crippen LogP contribution in [-0.2, 0) is 16.6 Å². The van der Waals surface area contributed by atoms with Crippen molar-refractivity contribution in [3.05, 3.63) is 93.7 Å². The van der Waals surface area contributed by atoms with E-state index in [4.69, 9.17) is 23.2 Å². The highest BCUT2D eigenvalue weighted by molar-refractivity contribution is 7.89. The maximum Gasteiger partial charge on any atom is 0.255 e. The lowest BCUT2D eigenvalue weighted by Gasteiger charge is -2.18. The molecule has 5 nitrogen and oxygen atoms in total. The minimum absolute atomic E-state index is 0.0193. The van der Waals surface area contributed by atoms with Crippen LogP contribution in [0.4, 0.5) is 10.1 Å². The number of amides is 1. The minimum atomic E-state index is -4.17. The van der Waals surface area contributed by atoms with E-state index in [2.05, 4.69) is 5.32 Å². The van der Waals surface area contributed by atoms with Gasteiger partial charge in [-0.25, -0.2) is 12.8 Å². The molecule has 0 atom stereocenters. The van der Waals surface area contributed by atoms with Gasteiger partial charge in [0.05, 0.1) is 10.0 Å². The van der Waals surface area contributed by atoms with Gasteiger partial charge in [0.25, 0.3) is 5.91 Å². The molecule has 1 N–H and O–H groups in total. The second kappa shape index (κ2) is 9.14. The smallest absolute Gasteiger partial charge is 0.255 e. The molecule has 0 fully saturated rings. The van der Waals surface area contributed by atoms with Gasteiger partial charge < -0.3 is 5.32 Å². The van der Waals surface area contributed by atoms with Gasteiger partial charge in [-0.05, 0) is 42.0 Å². The van der Waals surface area contributed by atoms with Crippen LogP contribution in [0.25, 0.3) is 0 Å². The fraction of sp³-hybridized carbons (Fsp3) is 0.0952. The first-order chi connectivity index (χ1) is 14.2. The van der Waals surface area contributed by atoms with Crippen molar-refractivity contribution in [2.75, 3.05) is 12.4 Å². The van der Waals surface area contributed by atoms with E-state index in [-0.39, 0.29) is 17.1 Å². The lowest BCUT2D eigenvalue weighted by Crippen LogP contribution is -2.27. The Labute approximate surface area is 184 Å². The molecule has 0 heterocycles. The molecule has 0 aliphatic rings. The number of hydrogen-bond donors (Lipinski definition) is 1. The number of nitrogens with zero attached hydrogens (tertiary/aromatic N) is 1. The zero-order valence-electron chi connectivity index (χ0n) is 15.8. The van der Waals surface area contributed by atoms with Gasteiger partial charge in [-0.15, -0.1) is 0 Å². The summed E-state index contributed by atoms with van der Waals surface area (Å²) in [5.74, 6) is -1.56. The number of carbonyl (C=O) groups excluding carboxylic acids is 1. The Kier molecular flexibility index (Phi) is 6.77. The topological polar surface area (TPSA) is 66.5 Å². The molecule has 0 aromatic heterocycles. The number of nitrogens with one attached hydrogen (secondary N) is 1. The second-order valence-corrected chi connectivity index (χ2v) is 9.30. The van der Waals surface area contributed by atoms with Crippen LogP contribution in [0.3, 0.4) is 0 Å². The van der Waals surface area contributed by atoms with Gasteiger partial charge in [0.2, 0.25) is 10.0 Å². The Bertz CT molecular complexity index is 1190. The van der Waals surface area contributed by atoms with Gasteiger partial charge >= 0.3 is 0 Å². The van der Waals surface area contributed by atoms with Gasteiger partial charge in [0, 0.05) is 24.8 Å². The van der Waals surface area contributed by atoms with Crippen LogP contribution in [0.15, 0.2) is 71.6 Å². The van der Waals surface area contributed by atoms with Gasteiger partial charge in [0.1, 0.15) is 10.7 Å². The van der Waals surface area contributed by atoms with Gasteiger partial charge in [-0.2, -0.15) is 4.31 Å². The highest BCUT2D eigenvalue weighted by Gasteiger charge is 2.26. The Morgan fingerprint density at radius 2 is 1.70 bits per heavy atom. The summed E-state index contributed by atoms with van der Waals surface area (Å²) in [6.07, 6.45) is 0. The van der Waals surface area contributed by atoms with Crippen molar-refractivity contribution in [1.29, 1.82) is 0 Å². The highest BCUT2D eigenvalue weighted by atomic mass is 35.5. The molecule has 3 aromatic carbocycles. The molecule has 0 unspecified atom stereocenters. The molecule has 0 spiro atoms. The highest BCUT2D eigenvalue weighted by Crippen LogP contribution is 2.26. The van der Waals surface area contributed by atoms with Crippen molar-refractivity contribution in [1.82, 2.24) is 4.31 Å². The van der Waals surface area contributed by atoms with E-state index < -0.39 is 26.6 Å². The predicted octanol–water partition coefficient (Wildman–Crippen LogP) is 5.21. The molecule has 0 bridgehead atoms. The van der Waals surface area contributed by atoms with E-state index in [0.717, 1.165) is 22.0 Å². The summed E-state index contributed by atoms with van der Waals surface area (Å²) in [7, 11) is -2.82. The zero-order chi connectivity index (χ0) is 21.9. The summed E-state index contributed by atoms with van der Waals surface area (Å²) in [4.78, 5) is 12.0. The lowest BCUT2D eigenvalue weighted by atomic mass is 10.2. The number of carbonyl (C=O) groups is 1. The number of halogens is 3. The standard InChI is InChI=1S/C21H17Cl2FN2O3S/c1-26(13-14-5-3-2-4-6-14)30(28,29)20-11-15(7-10-19(20)24)21(27)25-16-8-9-17(22)18(23)12-16/h2-12H,13H2,1H3,(H,25,27). The molecule has 156 valence electrons. The zero-order valence-corrected chi connectivity index (χ0v) is 18.1. The maximum absolute atomic E-state index is 14.4. The fourth-order valence-corrected chi connectivity index (χ4v) is 4.26. The van der Waals surface area contributed by atoms with Crippen molar-refractivity contribution in [3.63, 3.8) is 0 Å². The van der Waals surface area contributed by atoms with Gasteiger partial charge in [-0.1, -0.05) is 53.5 Å². The number of hydrogen-bond acceptors (Lipinski definition) is 3. The molecule has 30 heavy (non-hydrogen) atoms. The molecule has 0 aliphatic heterocycles. The Balaban J connectivity index is 1.86. The van der Waals surface area contributed by atoms with E-state index in [1.54, 1.807) is 30.3 Å². The normalized spacial score (nSPS) is 11.5. The molecular formula is C21H17Cl2FN2O3S.